The first-order valence-corrected chi connectivity index (χ1v) is 5.91. The number of hydrogen-bond acceptors (Lipinski definition) is 2. The van der Waals surface area contributed by atoms with E-state index in [1.165, 1.54) is 0 Å². The second-order valence-corrected chi connectivity index (χ2v) is 4.36. The fraction of sp³-hybridized carbons (Fsp3) is 0.357. The van der Waals surface area contributed by atoms with Crippen molar-refractivity contribution in [1.29, 1.82) is 0 Å². The number of aromatic nitrogens is 2. The lowest BCUT2D eigenvalue weighted by molar-refractivity contribution is 0.243. The van der Waals surface area contributed by atoms with Gasteiger partial charge in [0.25, 0.3) is 0 Å². The number of benzene rings is 1. The van der Waals surface area contributed by atoms with Gasteiger partial charge in [0.1, 0.15) is 11.6 Å². The first-order chi connectivity index (χ1) is 8.25. The second kappa shape index (κ2) is 5.53. The molecule has 1 unspecified atom stereocenters. The highest BCUT2D eigenvalue weighted by Crippen LogP contribution is 2.11. The number of ether oxygens (including phenoxy) is 1. The second-order valence-electron chi connectivity index (χ2n) is 4.36. The molecule has 2 aromatic rings. The zero-order valence-electron chi connectivity index (χ0n) is 10.3. The highest BCUT2D eigenvalue weighted by molar-refractivity contribution is 5.20. The first-order valence-electron chi connectivity index (χ1n) is 5.91. The Kier molecular flexibility index (Phi) is 3.81. The summed E-state index contributed by atoms with van der Waals surface area (Å²) in [6, 6.07) is 9.93. The van der Waals surface area contributed by atoms with Crippen molar-refractivity contribution in [3.05, 3.63) is 48.5 Å². The fourth-order valence-corrected chi connectivity index (χ4v) is 1.74. The predicted molar refractivity (Wildman–Crippen MR) is 68.1 cm³/mol. The molecule has 0 aliphatic heterocycles. The van der Waals surface area contributed by atoms with Gasteiger partial charge in [-0.25, -0.2) is 4.98 Å². The summed E-state index contributed by atoms with van der Waals surface area (Å²) in [4.78, 5) is 4.21. The van der Waals surface area contributed by atoms with Gasteiger partial charge in [0.15, 0.2) is 0 Å². The number of imidazole rings is 1. The summed E-state index contributed by atoms with van der Waals surface area (Å²) in [6.07, 6.45) is 3.84. The molecule has 3 heteroatoms. The highest BCUT2D eigenvalue weighted by Gasteiger charge is 2.06. The Hall–Kier alpha value is -1.77. The van der Waals surface area contributed by atoms with Crippen molar-refractivity contribution in [3.63, 3.8) is 0 Å². The Bertz CT molecular complexity index is 450. The number of nitrogens with zero attached hydrogens (tertiary/aromatic N) is 2. The van der Waals surface area contributed by atoms with Crippen molar-refractivity contribution < 1.29 is 4.74 Å². The van der Waals surface area contributed by atoms with E-state index in [2.05, 4.69) is 16.5 Å². The molecule has 0 aliphatic carbocycles. The van der Waals surface area contributed by atoms with Gasteiger partial charge in [-0.1, -0.05) is 25.1 Å². The minimum Gasteiger partial charge on any atom is -0.493 e. The topological polar surface area (TPSA) is 27.1 Å². The Morgan fingerprint density at radius 1 is 1.29 bits per heavy atom. The van der Waals surface area contributed by atoms with E-state index in [-0.39, 0.29) is 0 Å². The third kappa shape index (κ3) is 3.34. The van der Waals surface area contributed by atoms with Crippen molar-refractivity contribution in [1.82, 2.24) is 9.55 Å². The van der Waals surface area contributed by atoms with Gasteiger partial charge in [-0.15, -0.1) is 0 Å². The van der Waals surface area contributed by atoms with E-state index >= 15 is 0 Å². The summed E-state index contributed by atoms with van der Waals surface area (Å²) in [5, 5.41) is 0. The summed E-state index contributed by atoms with van der Waals surface area (Å²) in [6.45, 7) is 5.87. The molecule has 0 saturated heterocycles. The van der Waals surface area contributed by atoms with E-state index in [1.54, 1.807) is 0 Å². The van der Waals surface area contributed by atoms with Gasteiger partial charge in [-0.3, -0.25) is 0 Å². The lowest BCUT2D eigenvalue weighted by atomic mass is 10.2. The maximum atomic E-state index is 5.72. The van der Waals surface area contributed by atoms with Gasteiger partial charge < -0.3 is 9.30 Å². The molecular formula is C14H18N2O. The molecule has 3 nitrogen and oxygen atoms in total. The van der Waals surface area contributed by atoms with Crippen LogP contribution in [0.1, 0.15) is 12.7 Å². The zero-order chi connectivity index (χ0) is 12.1. The quantitative estimate of drug-likeness (QED) is 0.789. The average Bonchev–Trinajstić information content (AvgIpc) is 2.74. The Labute approximate surface area is 102 Å². The SMILES string of the molecule is Cc1nccn1CC(C)COc1ccccc1. The zero-order valence-corrected chi connectivity index (χ0v) is 10.3. The molecule has 0 saturated carbocycles. The molecule has 0 spiro atoms. The maximum absolute atomic E-state index is 5.72. The van der Waals surface area contributed by atoms with Crippen molar-refractivity contribution >= 4 is 0 Å². The summed E-state index contributed by atoms with van der Waals surface area (Å²) in [5.74, 6) is 2.45. The van der Waals surface area contributed by atoms with Crippen LogP contribution in [0, 0.1) is 12.8 Å². The van der Waals surface area contributed by atoms with Crippen LogP contribution in [-0.2, 0) is 6.54 Å². The van der Waals surface area contributed by atoms with E-state index in [0.717, 1.165) is 24.7 Å². The number of rotatable bonds is 5. The first kappa shape index (κ1) is 11.7. The summed E-state index contributed by atoms with van der Waals surface area (Å²) in [5.41, 5.74) is 0. The van der Waals surface area contributed by atoms with Gasteiger partial charge in [-0.05, 0) is 19.1 Å². The monoisotopic (exact) mass is 230 g/mol. The lowest BCUT2D eigenvalue weighted by Gasteiger charge is -2.14. The molecule has 0 amide bonds. The molecule has 1 aromatic carbocycles. The van der Waals surface area contributed by atoms with Crippen LogP contribution in [0.15, 0.2) is 42.7 Å². The van der Waals surface area contributed by atoms with E-state index in [1.807, 2.05) is 49.6 Å². The van der Waals surface area contributed by atoms with Crippen LogP contribution >= 0.6 is 0 Å². The van der Waals surface area contributed by atoms with E-state index in [0.29, 0.717) is 5.92 Å². The van der Waals surface area contributed by atoms with Crippen molar-refractivity contribution in [2.75, 3.05) is 6.61 Å². The molecule has 0 aliphatic rings. The number of para-hydroxylation sites is 1. The normalized spacial score (nSPS) is 12.4. The Balaban J connectivity index is 1.82. The fourth-order valence-electron chi connectivity index (χ4n) is 1.74. The van der Waals surface area contributed by atoms with Gasteiger partial charge in [-0.2, -0.15) is 0 Å². The summed E-state index contributed by atoms with van der Waals surface area (Å²) in [7, 11) is 0. The third-order valence-electron chi connectivity index (χ3n) is 2.71. The van der Waals surface area contributed by atoms with Crippen molar-refractivity contribution in [2.24, 2.45) is 5.92 Å². The maximum Gasteiger partial charge on any atom is 0.119 e. The van der Waals surface area contributed by atoms with Crippen LogP contribution in [0.2, 0.25) is 0 Å². The number of hydrogen-bond donors (Lipinski definition) is 0. The van der Waals surface area contributed by atoms with Gasteiger partial charge in [0.05, 0.1) is 6.61 Å². The van der Waals surface area contributed by atoms with E-state index in [9.17, 15) is 0 Å². The Morgan fingerprint density at radius 2 is 2.06 bits per heavy atom. The summed E-state index contributed by atoms with van der Waals surface area (Å²) >= 11 is 0. The van der Waals surface area contributed by atoms with Gasteiger partial charge >= 0.3 is 0 Å². The van der Waals surface area contributed by atoms with Crippen LogP contribution in [0.3, 0.4) is 0 Å². The Morgan fingerprint density at radius 3 is 2.71 bits per heavy atom. The summed E-state index contributed by atoms with van der Waals surface area (Å²) < 4.78 is 7.87. The molecule has 17 heavy (non-hydrogen) atoms. The van der Waals surface area contributed by atoms with Crippen LogP contribution < -0.4 is 4.74 Å². The smallest absolute Gasteiger partial charge is 0.119 e. The van der Waals surface area contributed by atoms with Gasteiger partial charge in [0, 0.05) is 24.9 Å². The molecule has 0 radical (unpaired) electrons. The van der Waals surface area contributed by atoms with Gasteiger partial charge in [0.2, 0.25) is 0 Å². The molecule has 2 rings (SSSR count). The standard InChI is InChI=1S/C14H18N2O/c1-12(10-16-9-8-15-13(16)2)11-17-14-6-4-3-5-7-14/h3-9,12H,10-11H2,1-2H3. The molecule has 0 bridgehead atoms. The molecule has 1 heterocycles. The predicted octanol–water partition coefficient (Wildman–Crippen LogP) is 2.91. The average molecular weight is 230 g/mol. The highest BCUT2D eigenvalue weighted by atomic mass is 16.5. The largest absolute Gasteiger partial charge is 0.493 e. The minimum absolute atomic E-state index is 0.461. The molecule has 1 aromatic heterocycles. The van der Waals surface area contributed by atoms with Crippen LogP contribution in [-0.4, -0.2) is 16.2 Å². The molecule has 90 valence electrons. The van der Waals surface area contributed by atoms with Crippen molar-refractivity contribution in [3.8, 4) is 5.75 Å². The number of aryl methyl sites for hydroxylation is 1. The van der Waals surface area contributed by atoms with Crippen molar-refractivity contribution in [2.45, 2.75) is 20.4 Å². The molecule has 0 fully saturated rings. The van der Waals surface area contributed by atoms with E-state index in [4.69, 9.17) is 4.74 Å². The van der Waals surface area contributed by atoms with Crippen LogP contribution in [0.4, 0.5) is 0 Å². The molecule has 1 atom stereocenters. The molecule has 0 N–H and O–H groups in total. The molecular weight excluding hydrogens is 212 g/mol. The minimum atomic E-state index is 0.461. The third-order valence-corrected chi connectivity index (χ3v) is 2.71. The van der Waals surface area contributed by atoms with Crippen LogP contribution in [0.5, 0.6) is 5.75 Å². The van der Waals surface area contributed by atoms with E-state index < -0.39 is 0 Å². The lowest BCUT2D eigenvalue weighted by Crippen LogP contribution is -2.15. The van der Waals surface area contributed by atoms with Crippen LogP contribution in [0.25, 0.3) is 0 Å².